The van der Waals surface area contributed by atoms with Gasteiger partial charge in [0.05, 0.1) is 15.8 Å². The Labute approximate surface area is 186 Å². The Bertz CT molecular complexity index is 1270. The lowest BCUT2D eigenvalue weighted by atomic mass is 10.1. The highest BCUT2D eigenvalue weighted by Gasteiger charge is 2.31. The van der Waals surface area contributed by atoms with Crippen molar-refractivity contribution in [1.82, 2.24) is 14.3 Å². The Hall–Kier alpha value is -2.54. The normalized spacial score (nSPS) is 17.8. The molecule has 1 aliphatic heterocycles. The Morgan fingerprint density at radius 2 is 1.77 bits per heavy atom. The van der Waals surface area contributed by atoms with Gasteiger partial charge in [-0.25, -0.2) is 18.4 Å². The van der Waals surface area contributed by atoms with Crippen LogP contribution in [0.15, 0.2) is 35.5 Å². The number of thiophene rings is 1. The van der Waals surface area contributed by atoms with Gasteiger partial charge in [0.1, 0.15) is 23.0 Å². The fraction of sp³-hybridized carbons (Fsp3) is 0.409. The van der Waals surface area contributed by atoms with Gasteiger partial charge in [0.15, 0.2) is 0 Å². The monoisotopic (exact) mass is 453 g/mol. The van der Waals surface area contributed by atoms with Crippen molar-refractivity contribution in [2.45, 2.75) is 37.0 Å². The number of hydrogen-bond donors (Lipinski definition) is 0. The third-order valence-electron chi connectivity index (χ3n) is 6.14. The zero-order valence-electron chi connectivity index (χ0n) is 17.1. The fourth-order valence-electron chi connectivity index (χ4n) is 4.55. The molecule has 0 unspecified atom stereocenters. The zero-order valence-corrected chi connectivity index (χ0v) is 18.8. The molecular weight excluding hydrogens is 430 g/mol. The standard InChI is InChI=1S/C22H23N5O2S2/c23-14-16-6-4-5-9-19(16)31(28,29)27-12-10-26(11-13-27)21-20-17-7-2-1-3-8-18(17)30-22(20)25-15-24-21/h4-6,9,15H,1-3,7-8,10-13H2. The summed E-state index contributed by atoms with van der Waals surface area (Å²) in [5, 5.41) is 10.5. The maximum atomic E-state index is 13.1. The molecule has 0 bridgehead atoms. The van der Waals surface area contributed by atoms with Crippen LogP contribution in [0.2, 0.25) is 0 Å². The molecule has 1 saturated heterocycles. The highest BCUT2D eigenvalue weighted by atomic mass is 32.2. The molecule has 2 aromatic heterocycles. The van der Waals surface area contributed by atoms with E-state index < -0.39 is 10.0 Å². The number of fused-ring (bicyclic) bond motifs is 3. The van der Waals surface area contributed by atoms with Crippen molar-refractivity contribution in [2.24, 2.45) is 0 Å². The van der Waals surface area contributed by atoms with Crippen molar-refractivity contribution in [3.8, 4) is 6.07 Å². The van der Waals surface area contributed by atoms with Gasteiger partial charge in [0.25, 0.3) is 0 Å². The van der Waals surface area contributed by atoms with Crippen LogP contribution < -0.4 is 4.90 Å². The van der Waals surface area contributed by atoms with Gasteiger partial charge in [0, 0.05) is 31.1 Å². The number of piperazine rings is 1. The lowest BCUT2D eigenvalue weighted by Crippen LogP contribution is -2.49. The average molecular weight is 454 g/mol. The average Bonchev–Trinajstić information content (AvgIpc) is 3.00. The number of hydrogen-bond acceptors (Lipinski definition) is 7. The molecule has 7 nitrogen and oxygen atoms in total. The van der Waals surface area contributed by atoms with Crippen LogP contribution in [0.25, 0.3) is 10.2 Å². The van der Waals surface area contributed by atoms with Gasteiger partial charge in [-0.2, -0.15) is 9.57 Å². The van der Waals surface area contributed by atoms with Gasteiger partial charge in [-0.05, 0) is 43.4 Å². The Morgan fingerprint density at radius 1 is 1.00 bits per heavy atom. The summed E-state index contributed by atoms with van der Waals surface area (Å²) >= 11 is 1.78. The van der Waals surface area contributed by atoms with Crippen molar-refractivity contribution >= 4 is 37.4 Å². The van der Waals surface area contributed by atoms with E-state index in [2.05, 4.69) is 14.9 Å². The highest BCUT2D eigenvalue weighted by molar-refractivity contribution is 7.89. The first-order valence-corrected chi connectivity index (χ1v) is 12.8. The SMILES string of the molecule is N#Cc1ccccc1S(=O)(=O)N1CCN(c2ncnc3sc4c(c23)CCCCC4)CC1. The van der Waals surface area contributed by atoms with E-state index in [-0.39, 0.29) is 10.5 Å². The molecule has 3 heterocycles. The summed E-state index contributed by atoms with van der Waals surface area (Å²) in [4.78, 5) is 13.9. The zero-order chi connectivity index (χ0) is 21.4. The number of sulfonamides is 1. The molecule has 0 amide bonds. The van der Waals surface area contributed by atoms with E-state index in [1.54, 1.807) is 35.9 Å². The molecule has 2 aliphatic rings. The summed E-state index contributed by atoms with van der Waals surface area (Å²) in [5.74, 6) is 0.930. The number of anilines is 1. The summed E-state index contributed by atoms with van der Waals surface area (Å²) in [6.07, 6.45) is 7.47. The number of rotatable bonds is 3. The van der Waals surface area contributed by atoms with E-state index in [1.165, 1.54) is 40.1 Å². The molecule has 0 spiro atoms. The quantitative estimate of drug-likeness (QED) is 0.565. The lowest BCUT2D eigenvalue weighted by molar-refractivity contribution is 0.384. The molecule has 5 rings (SSSR count). The largest absolute Gasteiger partial charge is 0.353 e. The summed E-state index contributed by atoms with van der Waals surface area (Å²) < 4.78 is 27.8. The Balaban J connectivity index is 1.42. The molecule has 0 N–H and O–H groups in total. The van der Waals surface area contributed by atoms with Gasteiger partial charge < -0.3 is 4.90 Å². The van der Waals surface area contributed by atoms with Crippen LogP contribution in [0.1, 0.15) is 35.3 Å². The maximum absolute atomic E-state index is 13.1. The number of nitrogens with zero attached hydrogens (tertiary/aromatic N) is 5. The van der Waals surface area contributed by atoms with Crippen molar-refractivity contribution < 1.29 is 8.42 Å². The third kappa shape index (κ3) is 3.59. The van der Waals surface area contributed by atoms with Crippen LogP contribution in [0.3, 0.4) is 0 Å². The van der Waals surface area contributed by atoms with Crippen molar-refractivity contribution in [1.29, 1.82) is 5.26 Å². The first-order chi connectivity index (χ1) is 15.1. The minimum atomic E-state index is -3.71. The summed E-state index contributed by atoms with van der Waals surface area (Å²) in [7, 11) is -3.71. The first kappa shape index (κ1) is 20.4. The van der Waals surface area contributed by atoms with Crippen molar-refractivity contribution in [3.63, 3.8) is 0 Å². The lowest BCUT2D eigenvalue weighted by Gasteiger charge is -2.35. The van der Waals surface area contributed by atoms with E-state index >= 15 is 0 Å². The van der Waals surface area contributed by atoms with Gasteiger partial charge in [0.2, 0.25) is 10.0 Å². The van der Waals surface area contributed by atoms with Gasteiger partial charge >= 0.3 is 0 Å². The van der Waals surface area contributed by atoms with E-state index in [9.17, 15) is 13.7 Å². The predicted octanol–water partition coefficient (Wildman–Crippen LogP) is 3.34. The molecular formula is C22H23N5O2S2. The second kappa shape index (κ2) is 8.19. The molecule has 0 radical (unpaired) electrons. The first-order valence-electron chi connectivity index (χ1n) is 10.6. The maximum Gasteiger partial charge on any atom is 0.244 e. The van der Waals surface area contributed by atoms with Crippen LogP contribution in [0.4, 0.5) is 5.82 Å². The fourth-order valence-corrected chi connectivity index (χ4v) is 7.34. The topological polar surface area (TPSA) is 90.2 Å². The molecule has 0 atom stereocenters. The Kier molecular flexibility index (Phi) is 5.38. The van der Waals surface area contributed by atoms with Gasteiger partial charge in [-0.3, -0.25) is 0 Å². The minimum Gasteiger partial charge on any atom is -0.353 e. The highest BCUT2D eigenvalue weighted by Crippen LogP contribution is 2.39. The van der Waals surface area contributed by atoms with E-state index in [0.29, 0.717) is 26.2 Å². The van der Waals surface area contributed by atoms with Crippen LogP contribution in [-0.2, 0) is 22.9 Å². The van der Waals surface area contributed by atoms with Crippen LogP contribution >= 0.6 is 11.3 Å². The predicted molar refractivity (Wildman–Crippen MR) is 121 cm³/mol. The number of aromatic nitrogens is 2. The van der Waals surface area contributed by atoms with Crippen molar-refractivity contribution in [2.75, 3.05) is 31.1 Å². The molecule has 3 aromatic rings. The summed E-state index contributed by atoms with van der Waals surface area (Å²) in [5.41, 5.74) is 1.58. The van der Waals surface area contributed by atoms with E-state index in [0.717, 1.165) is 28.9 Å². The van der Waals surface area contributed by atoms with E-state index in [1.807, 2.05) is 6.07 Å². The van der Waals surface area contributed by atoms with Crippen molar-refractivity contribution in [3.05, 3.63) is 46.6 Å². The van der Waals surface area contributed by atoms with Gasteiger partial charge in [-0.15, -0.1) is 11.3 Å². The molecule has 1 fully saturated rings. The van der Waals surface area contributed by atoms with E-state index in [4.69, 9.17) is 0 Å². The summed E-state index contributed by atoms with van der Waals surface area (Å²) in [6, 6.07) is 8.38. The molecule has 0 saturated carbocycles. The molecule has 1 aromatic carbocycles. The molecule has 31 heavy (non-hydrogen) atoms. The number of nitriles is 1. The van der Waals surface area contributed by atoms with Crippen LogP contribution in [0, 0.1) is 11.3 Å². The minimum absolute atomic E-state index is 0.0820. The Morgan fingerprint density at radius 3 is 2.58 bits per heavy atom. The number of benzene rings is 1. The van der Waals surface area contributed by atoms with Gasteiger partial charge in [-0.1, -0.05) is 18.6 Å². The van der Waals surface area contributed by atoms with Crippen LogP contribution in [0.5, 0.6) is 0 Å². The molecule has 9 heteroatoms. The number of aryl methyl sites for hydroxylation is 2. The van der Waals surface area contributed by atoms with Crippen LogP contribution in [-0.4, -0.2) is 48.9 Å². The smallest absolute Gasteiger partial charge is 0.244 e. The second-order valence-electron chi connectivity index (χ2n) is 7.94. The molecule has 1 aliphatic carbocycles. The summed E-state index contributed by atoms with van der Waals surface area (Å²) in [6.45, 7) is 1.84. The molecule has 160 valence electrons. The second-order valence-corrected chi connectivity index (χ2v) is 10.9. The third-order valence-corrected chi connectivity index (χ3v) is 9.30.